The van der Waals surface area contributed by atoms with Gasteiger partial charge in [0, 0.05) is 29.7 Å². The standard InChI is InChI=1S/C28H27FN6O2/c1-4-37-21-8-5-7-19(13-21)16-34-12-11-20-14-23(29)22(15-25(20)34)28(36)32-26-10-6-9-24(31-26)27-33-30-17-35(27)18(2)3/h5-15,17-18H,4,16H2,1-3H3,(H,31,32,36). The molecule has 0 aliphatic rings. The Morgan fingerprint density at radius 2 is 1.95 bits per heavy atom. The molecule has 1 amide bonds. The Labute approximate surface area is 213 Å². The van der Waals surface area contributed by atoms with Crippen LogP contribution in [0.25, 0.3) is 22.4 Å². The van der Waals surface area contributed by atoms with E-state index in [1.807, 2.05) is 66.4 Å². The SMILES string of the molecule is CCOc1cccc(Cn2ccc3cc(F)c(C(=O)Nc4cccc(-c5nncn5C(C)C)n4)cc32)c1. The molecule has 2 aromatic carbocycles. The van der Waals surface area contributed by atoms with E-state index in [4.69, 9.17) is 4.74 Å². The van der Waals surface area contributed by atoms with Crippen LogP contribution in [0.15, 0.2) is 73.2 Å². The molecule has 0 radical (unpaired) electrons. The van der Waals surface area contributed by atoms with Crippen molar-refractivity contribution in [2.45, 2.75) is 33.4 Å². The van der Waals surface area contributed by atoms with E-state index in [2.05, 4.69) is 20.5 Å². The molecule has 0 atom stereocenters. The van der Waals surface area contributed by atoms with Gasteiger partial charge in [0.15, 0.2) is 5.82 Å². The topological polar surface area (TPSA) is 86.9 Å². The van der Waals surface area contributed by atoms with Crippen LogP contribution in [-0.2, 0) is 6.54 Å². The second-order valence-corrected chi connectivity index (χ2v) is 8.93. The number of aromatic nitrogens is 5. The third kappa shape index (κ3) is 5.06. The van der Waals surface area contributed by atoms with Crippen molar-refractivity contribution in [3.63, 3.8) is 0 Å². The van der Waals surface area contributed by atoms with Gasteiger partial charge in [-0.25, -0.2) is 9.37 Å². The number of pyridine rings is 1. The summed E-state index contributed by atoms with van der Waals surface area (Å²) in [6.45, 7) is 7.11. The quantitative estimate of drug-likeness (QED) is 0.296. The van der Waals surface area contributed by atoms with E-state index >= 15 is 0 Å². The highest BCUT2D eigenvalue weighted by Crippen LogP contribution is 2.24. The van der Waals surface area contributed by atoms with E-state index in [1.54, 1.807) is 30.6 Å². The summed E-state index contributed by atoms with van der Waals surface area (Å²) in [6, 6.07) is 18.0. The maximum atomic E-state index is 15.0. The van der Waals surface area contributed by atoms with Crippen molar-refractivity contribution >= 4 is 22.6 Å². The number of rotatable bonds is 8. The van der Waals surface area contributed by atoms with Crippen molar-refractivity contribution < 1.29 is 13.9 Å². The Balaban J connectivity index is 1.41. The first-order valence-corrected chi connectivity index (χ1v) is 12.1. The molecule has 0 saturated heterocycles. The van der Waals surface area contributed by atoms with Gasteiger partial charge in [-0.05, 0) is 68.8 Å². The maximum absolute atomic E-state index is 15.0. The predicted octanol–water partition coefficient (Wildman–Crippen LogP) is 5.71. The average molecular weight is 499 g/mol. The smallest absolute Gasteiger partial charge is 0.259 e. The van der Waals surface area contributed by atoms with Gasteiger partial charge in [0.25, 0.3) is 5.91 Å². The van der Waals surface area contributed by atoms with E-state index in [0.29, 0.717) is 35.9 Å². The van der Waals surface area contributed by atoms with Gasteiger partial charge in [-0.2, -0.15) is 0 Å². The van der Waals surface area contributed by atoms with Crippen LogP contribution < -0.4 is 10.1 Å². The summed E-state index contributed by atoms with van der Waals surface area (Å²) in [4.78, 5) is 17.6. The molecule has 5 aromatic rings. The summed E-state index contributed by atoms with van der Waals surface area (Å²) in [6.07, 6.45) is 3.52. The molecule has 8 nitrogen and oxygen atoms in total. The molecule has 0 saturated carbocycles. The second kappa shape index (κ2) is 10.2. The second-order valence-electron chi connectivity index (χ2n) is 8.93. The van der Waals surface area contributed by atoms with Crippen LogP contribution in [0.3, 0.4) is 0 Å². The lowest BCUT2D eigenvalue weighted by molar-refractivity contribution is 0.102. The van der Waals surface area contributed by atoms with Crippen LogP contribution in [0.2, 0.25) is 0 Å². The summed E-state index contributed by atoms with van der Waals surface area (Å²) in [5.74, 6) is 0.495. The van der Waals surface area contributed by atoms with Gasteiger partial charge in [0.05, 0.1) is 12.2 Å². The summed E-state index contributed by atoms with van der Waals surface area (Å²) >= 11 is 0. The summed E-state index contributed by atoms with van der Waals surface area (Å²) in [7, 11) is 0. The largest absolute Gasteiger partial charge is 0.494 e. The Kier molecular flexibility index (Phi) is 6.68. The highest BCUT2D eigenvalue weighted by atomic mass is 19.1. The Morgan fingerprint density at radius 3 is 2.76 bits per heavy atom. The van der Waals surface area contributed by atoms with E-state index in [-0.39, 0.29) is 11.6 Å². The van der Waals surface area contributed by atoms with E-state index in [9.17, 15) is 9.18 Å². The first-order valence-electron chi connectivity index (χ1n) is 12.1. The fourth-order valence-electron chi connectivity index (χ4n) is 4.24. The molecule has 9 heteroatoms. The number of hydrogen-bond donors (Lipinski definition) is 1. The fourth-order valence-corrected chi connectivity index (χ4v) is 4.24. The van der Waals surface area contributed by atoms with Crippen LogP contribution in [0.1, 0.15) is 42.7 Å². The number of hydrogen-bond acceptors (Lipinski definition) is 5. The number of nitrogens with zero attached hydrogens (tertiary/aromatic N) is 5. The molecule has 188 valence electrons. The Bertz CT molecular complexity index is 1570. The lowest BCUT2D eigenvalue weighted by Crippen LogP contribution is -2.15. The normalized spacial score (nSPS) is 11.3. The van der Waals surface area contributed by atoms with Gasteiger partial charge in [-0.3, -0.25) is 4.79 Å². The molecular formula is C28H27FN6O2. The molecule has 0 spiro atoms. The molecule has 1 N–H and O–H groups in total. The monoisotopic (exact) mass is 498 g/mol. The summed E-state index contributed by atoms with van der Waals surface area (Å²) in [5, 5.41) is 11.6. The number of anilines is 1. The van der Waals surface area contributed by atoms with Gasteiger partial charge in [0.2, 0.25) is 0 Å². The molecule has 0 unspecified atom stereocenters. The Morgan fingerprint density at radius 1 is 1.11 bits per heavy atom. The van der Waals surface area contributed by atoms with Crippen molar-refractivity contribution in [1.82, 2.24) is 24.3 Å². The minimum absolute atomic E-state index is 0.0620. The van der Waals surface area contributed by atoms with Crippen LogP contribution in [0, 0.1) is 5.82 Å². The molecule has 3 heterocycles. The number of amides is 1. The molecule has 3 aromatic heterocycles. The highest BCUT2D eigenvalue weighted by Gasteiger charge is 2.17. The molecule has 37 heavy (non-hydrogen) atoms. The van der Waals surface area contributed by atoms with Gasteiger partial charge < -0.3 is 19.2 Å². The third-order valence-corrected chi connectivity index (χ3v) is 6.02. The molecular weight excluding hydrogens is 471 g/mol. The fraction of sp³-hybridized carbons (Fsp3) is 0.214. The molecule has 0 aliphatic carbocycles. The highest BCUT2D eigenvalue weighted by molar-refractivity contribution is 6.06. The zero-order valence-electron chi connectivity index (χ0n) is 20.9. The zero-order valence-corrected chi connectivity index (χ0v) is 20.9. The lowest BCUT2D eigenvalue weighted by Gasteiger charge is -2.11. The molecule has 0 bridgehead atoms. The van der Waals surface area contributed by atoms with Gasteiger partial charge in [-0.1, -0.05) is 18.2 Å². The van der Waals surface area contributed by atoms with E-state index in [0.717, 1.165) is 16.8 Å². The minimum Gasteiger partial charge on any atom is -0.494 e. The van der Waals surface area contributed by atoms with Gasteiger partial charge in [0.1, 0.15) is 29.4 Å². The van der Waals surface area contributed by atoms with Crippen molar-refractivity contribution in [3.05, 3.63) is 90.1 Å². The van der Waals surface area contributed by atoms with Crippen molar-refractivity contribution in [2.75, 3.05) is 11.9 Å². The Hall–Kier alpha value is -4.53. The summed E-state index contributed by atoms with van der Waals surface area (Å²) < 4.78 is 24.4. The number of carbonyl (C=O) groups excluding carboxylic acids is 1. The van der Waals surface area contributed by atoms with Crippen LogP contribution in [0.4, 0.5) is 10.2 Å². The lowest BCUT2D eigenvalue weighted by atomic mass is 10.1. The number of fused-ring (bicyclic) bond motifs is 1. The van der Waals surface area contributed by atoms with Crippen molar-refractivity contribution in [3.8, 4) is 17.3 Å². The number of ether oxygens (including phenoxy) is 1. The van der Waals surface area contributed by atoms with E-state index < -0.39 is 11.7 Å². The first kappa shape index (κ1) is 24.2. The van der Waals surface area contributed by atoms with E-state index in [1.165, 1.54) is 6.07 Å². The minimum atomic E-state index is -0.600. The number of halogens is 1. The van der Waals surface area contributed by atoms with Crippen molar-refractivity contribution in [2.24, 2.45) is 0 Å². The maximum Gasteiger partial charge on any atom is 0.259 e. The predicted molar refractivity (Wildman–Crippen MR) is 140 cm³/mol. The van der Waals surface area contributed by atoms with Gasteiger partial charge >= 0.3 is 0 Å². The average Bonchev–Trinajstić information content (AvgIpc) is 3.52. The van der Waals surface area contributed by atoms with Crippen LogP contribution in [0.5, 0.6) is 5.75 Å². The van der Waals surface area contributed by atoms with Crippen molar-refractivity contribution in [1.29, 1.82) is 0 Å². The number of benzene rings is 2. The molecule has 0 fully saturated rings. The third-order valence-electron chi connectivity index (χ3n) is 6.02. The molecule has 5 rings (SSSR count). The van der Waals surface area contributed by atoms with Gasteiger partial charge in [-0.15, -0.1) is 10.2 Å². The zero-order chi connectivity index (χ0) is 25.9. The first-order chi connectivity index (χ1) is 17.9. The van der Waals surface area contributed by atoms with Crippen LogP contribution >= 0.6 is 0 Å². The number of carbonyl (C=O) groups is 1. The molecule has 0 aliphatic heterocycles. The van der Waals surface area contributed by atoms with Crippen LogP contribution in [-0.4, -0.2) is 36.8 Å². The number of nitrogens with one attached hydrogen (secondary N) is 1. The summed E-state index contributed by atoms with van der Waals surface area (Å²) in [5.41, 5.74) is 2.28.